The maximum absolute atomic E-state index is 13.5. The Bertz CT molecular complexity index is 1470. The van der Waals surface area contributed by atoms with E-state index in [-0.39, 0.29) is 23.9 Å². The number of nitrogen functional groups attached to an aromatic ring is 1. The lowest BCUT2D eigenvalue weighted by atomic mass is 10.0. The maximum Gasteiger partial charge on any atom is 0.255 e. The van der Waals surface area contributed by atoms with Crippen LogP contribution in [0, 0.1) is 6.92 Å². The van der Waals surface area contributed by atoms with Crippen molar-refractivity contribution in [1.29, 1.82) is 0 Å². The topological polar surface area (TPSA) is 98.3 Å². The highest BCUT2D eigenvalue weighted by Gasteiger charge is 2.35. The molecule has 5 rings (SSSR count). The van der Waals surface area contributed by atoms with Crippen LogP contribution in [-0.2, 0) is 31.2 Å². The van der Waals surface area contributed by atoms with Gasteiger partial charge in [-0.3, -0.25) is 14.4 Å². The second-order valence-corrected chi connectivity index (χ2v) is 11.0. The van der Waals surface area contributed by atoms with Gasteiger partial charge in [0.25, 0.3) is 5.91 Å². The van der Waals surface area contributed by atoms with Gasteiger partial charge in [-0.15, -0.1) is 0 Å². The van der Waals surface area contributed by atoms with Crippen LogP contribution in [0.5, 0.6) is 0 Å². The molecule has 214 valence electrons. The summed E-state index contributed by atoms with van der Waals surface area (Å²) in [5.74, 6) is -0.0360. The number of aryl methyl sites for hydroxylation is 4. The van der Waals surface area contributed by atoms with E-state index in [1.54, 1.807) is 23.1 Å². The minimum absolute atomic E-state index is 0.141. The molecule has 3 N–H and O–H groups in total. The highest BCUT2D eigenvalue weighted by molar-refractivity contribution is 5.99. The van der Waals surface area contributed by atoms with Crippen molar-refractivity contribution in [3.63, 3.8) is 0 Å². The lowest BCUT2D eigenvalue weighted by Gasteiger charge is -2.21. The van der Waals surface area contributed by atoms with Gasteiger partial charge in [-0.25, -0.2) is 4.98 Å². The van der Waals surface area contributed by atoms with Crippen LogP contribution in [0.1, 0.15) is 46.0 Å². The molecule has 4 aromatic rings. The van der Waals surface area contributed by atoms with Crippen molar-refractivity contribution < 1.29 is 9.53 Å². The maximum atomic E-state index is 13.5. The van der Waals surface area contributed by atoms with Crippen LogP contribution in [-0.4, -0.2) is 57.4 Å². The van der Waals surface area contributed by atoms with Crippen molar-refractivity contribution in [2.24, 2.45) is 7.05 Å². The number of carbonyl (C=O) groups is 1. The first-order valence-corrected chi connectivity index (χ1v) is 14.4. The highest BCUT2D eigenvalue weighted by atomic mass is 16.5. The average Bonchev–Trinajstić information content (AvgIpc) is 3.58. The van der Waals surface area contributed by atoms with Crippen molar-refractivity contribution >= 4 is 11.7 Å². The van der Waals surface area contributed by atoms with Crippen LogP contribution in [0.25, 0.3) is 11.1 Å². The number of rotatable bonds is 11. The van der Waals surface area contributed by atoms with Crippen LogP contribution in [0.3, 0.4) is 0 Å². The number of hydrogen-bond donors (Lipinski definition) is 2. The van der Waals surface area contributed by atoms with Gasteiger partial charge in [0.1, 0.15) is 5.82 Å². The van der Waals surface area contributed by atoms with E-state index in [0.717, 1.165) is 55.6 Å². The minimum atomic E-state index is -0.242. The predicted octanol–water partition coefficient (Wildman–Crippen LogP) is 4.57. The number of benzene rings is 2. The Morgan fingerprint density at radius 1 is 1.07 bits per heavy atom. The third kappa shape index (κ3) is 7.20. The summed E-state index contributed by atoms with van der Waals surface area (Å²) in [5.41, 5.74) is 13.3. The first-order chi connectivity index (χ1) is 19.9. The average molecular weight is 553 g/mol. The summed E-state index contributed by atoms with van der Waals surface area (Å²) in [6, 6.07) is 18.7. The normalized spacial score (nSPS) is 17.1. The molecule has 2 aromatic heterocycles. The van der Waals surface area contributed by atoms with E-state index in [0.29, 0.717) is 12.2 Å². The Kier molecular flexibility index (Phi) is 9.11. The van der Waals surface area contributed by atoms with E-state index in [2.05, 4.69) is 76.6 Å². The molecule has 2 atom stereocenters. The molecule has 0 aliphatic carbocycles. The number of likely N-dealkylation sites (tertiary alicyclic amines) is 1. The fourth-order valence-corrected chi connectivity index (χ4v) is 5.52. The van der Waals surface area contributed by atoms with E-state index < -0.39 is 0 Å². The summed E-state index contributed by atoms with van der Waals surface area (Å²) in [7, 11) is 1.85. The van der Waals surface area contributed by atoms with E-state index in [9.17, 15) is 4.79 Å². The molecule has 0 bridgehead atoms. The highest BCUT2D eigenvalue weighted by Crippen LogP contribution is 2.23. The predicted molar refractivity (Wildman–Crippen MR) is 162 cm³/mol. The zero-order chi connectivity index (χ0) is 28.8. The molecule has 0 radical (unpaired) electrons. The van der Waals surface area contributed by atoms with E-state index in [4.69, 9.17) is 10.5 Å². The molecular weight excluding hydrogens is 512 g/mol. The summed E-state index contributed by atoms with van der Waals surface area (Å²) in [6.07, 6.45) is 8.22. The zero-order valence-electron chi connectivity index (χ0n) is 24.2. The number of aromatic nitrogens is 3. The van der Waals surface area contributed by atoms with Crippen molar-refractivity contribution in [1.82, 2.24) is 25.0 Å². The molecule has 0 spiro atoms. The fourth-order valence-electron chi connectivity index (χ4n) is 5.52. The Morgan fingerprint density at radius 2 is 1.90 bits per heavy atom. The summed E-state index contributed by atoms with van der Waals surface area (Å²) in [5, 5.41) is 7.46. The number of carbonyl (C=O) groups excluding carboxylic acids is 1. The summed E-state index contributed by atoms with van der Waals surface area (Å²) in [4.78, 5) is 20.2. The number of pyridine rings is 1. The molecule has 1 amide bonds. The molecule has 0 saturated carbocycles. The summed E-state index contributed by atoms with van der Waals surface area (Å²) in [6.45, 7) is 7.23. The smallest absolute Gasteiger partial charge is 0.255 e. The number of ether oxygens (including phenoxy) is 1. The standard InChI is InChI=1S/C33H40N6O2/c1-4-26-15-25(13-12-23(26)2)22-41-31-21-39(14-8-11-24-9-6-5-7-10-24)20-30(31)37-33(40)29-16-27(17-35-32(29)34)28-18-36-38(3)19-28/h5-7,9-10,12-13,15-19,30-31H,4,8,11,14,20-22H2,1-3H3,(H2,34,35)(H,37,40)/t30?,31-/m0/s1. The third-order valence-electron chi connectivity index (χ3n) is 7.90. The quantitative estimate of drug-likeness (QED) is 0.283. The molecule has 1 unspecified atom stereocenters. The van der Waals surface area contributed by atoms with Gasteiger partial charge < -0.3 is 15.8 Å². The Hall–Kier alpha value is -4.01. The third-order valence-corrected chi connectivity index (χ3v) is 7.90. The number of hydrogen-bond acceptors (Lipinski definition) is 6. The number of nitrogens with zero attached hydrogens (tertiary/aromatic N) is 4. The van der Waals surface area contributed by atoms with Gasteiger partial charge in [-0.1, -0.05) is 55.5 Å². The Labute approximate surface area is 242 Å². The Morgan fingerprint density at radius 3 is 2.66 bits per heavy atom. The molecule has 1 aliphatic rings. The molecule has 8 nitrogen and oxygen atoms in total. The van der Waals surface area contributed by atoms with Crippen LogP contribution < -0.4 is 11.1 Å². The molecule has 1 aliphatic heterocycles. The lowest BCUT2D eigenvalue weighted by Crippen LogP contribution is -2.44. The molecule has 3 heterocycles. The van der Waals surface area contributed by atoms with Crippen molar-refractivity contribution in [2.75, 3.05) is 25.4 Å². The monoisotopic (exact) mass is 552 g/mol. The van der Waals surface area contributed by atoms with Crippen molar-refractivity contribution in [2.45, 2.75) is 51.9 Å². The van der Waals surface area contributed by atoms with E-state index in [1.807, 2.05) is 19.3 Å². The van der Waals surface area contributed by atoms with Gasteiger partial charge in [0, 0.05) is 43.7 Å². The number of nitrogens with one attached hydrogen (secondary N) is 1. The molecule has 1 fully saturated rings. The van der Waals surface area contributed by atoms with Gasteiger partial charge in [0.05, 0.1) is 30.5 Å². The van der Waals surface area contributed by atoms with Gasteiger partial charge in [-0.2, -0.15) is 5.10 Å². The summed E-state index contributed by atoms with van der Waals surface area (Å²) >= 11 is 0. The Balaban J connectivity index is 1.28. The lowest BCUT2D eigenvalue weighted by molar-refractivity contribution is 0.0313. The molecule has 41 heavy (non-hydrogen) atoms. The number of amides is 1. The van der Waals surface area contributed by atoms with Crippen LogP contribution >= 0.6 is 0 Å². The second kappa shape index (κ2) is 13.1. The minimum Gasteiger partial charge on any atom is -0.383 e. The SMILES string of the molecule is CCc1cc(CO[C@H]2CN(CCCc3ccccc3)CC2NC(=O)c2cc(-c3cnn(C)c3)cnc2N)ccc1C. The summed E-state index contributed by atoms with van der Waals surface area (Å²) < 4.78 is 8.20. The molecule has 2 aromatic carbocycles. The van der Waals surface area contributed by atoms with Crippen molar-refractivity contribution in [3.05, 3.63) is 101 Å². The zero-order valence-corrected chi connectivity index (χ0v) is 24.2. The van der Waals surface area contributed by atoms with Gasteiger partial charge in [0.2, 0.25) is 0 Å². The van der Waals surface area contributed by atoms with E-state index in [1.165, 1.54) is 16.7 Å². The molecule has 1 saturated heterocycles. The van der Waals surface area contributed by atoms with E-state index >= 15 is 0 Å². The van der Waals surface area contributed by atoms with Crippen LogP contribution in [0.2, 0.25) is 0 Å². The first kappa shape index (κ1) is 28.5. The number of nitrogens with two attached hydrogens (primary N) is 1. The van der Waals surface area contributed by atoms with Crippen LogP contribution in [0.15, 0.2) is 73.2 Å². The fraction of sp³-hybridized carbons (Fsp3) is 0.364. The molecular formula is C33H40N6O2. The largest absolute Gasteiger partial charge is 0.383 e. The van der Waals surface area contributed by atoms with Gasteiger partial charge >= 0.3 is 0 Å². The van der Waals surface area contributed by atoms with Crippen LogP contribution in [0.4, 0.5) is 5.82 Å². The molecule has 8 heteroatoms. The van der Waals surface area contributed by atoms with Gasteiger partial charge in [-0.05, 0) is 61.1 Å². The number of anilines is 1. The first-order valence-electron chi connectivity index (χ1n) is 14.4. The van der Waals surface area contributed by atoms with Gasteiger partial charge in [0.15, 0.2) is 0 Å². The second-order valence-electron chi connectivity index (χ2n) is 11.0. The van der Waals surface area contributed by atoms with Crippen molar-refractivity contribution in [3.8, 4) is 11.1 Å².